The molecule has 1 aliphatic rings. The summed E-state index contributed by atoms with van der Waals surface area (Å²) < 4.78 is 0. The van der Waals surface area contributed by atoms with Gasteiger partial charge in [0.15, 0.2) is 0 Å². The fourth-order valence-electron chi connectivity index (χ4n) is 1.89. The van der Waals surface area contributed by atoms with E-state index >= 15 is 0 Å². The third-order valence-corrected chi connectivity index (χ3v) is 3.05. The highest BCUT2D eigenvalue weighted by molar-refractivity contribution is 6.29. The van der Waals surface area contributed by atoms with Crippen LogP contribution in [-0.2, 0) is 4.79 Å². The first-order valence-electron chi connectivity index (χ1n) is 5.44. The third-order valence-electron chi connectivity index (χ3n) is 2.86. The molecule has 0 saturated carbocycles. The van der Waals surface area contributed by atoms with E-state index in [2.05, 4.69) is 20.6 Å². The Kier molecular flexibility index (Phi) is 2.95. The van der Waals surface area contributed by atoms with E-state index < -0.39 is 0 Å². The average molecular weight is 255 g/mol. The van der Waals surface area contributed by atoms with Crippen molar-refractivity contribution < 1.29 is 4.79 Å². The zero-order chi connectivity index (χ0) is 12.6. The van der Waals surface area contributed by atoms with E-state index in [0.29, 0.717) is 23.3 Å². The van der Waals surface area contributed by atoms with Crippen LogP contribution in [0.3, 0.4) is 0 Å². The van der Waals surface area contributed by atoms with Crippen LogP contribution in [0.15, 0.2) is 6.07 Å². The number of nitrogens with one attached hydrogen (secondary N) is 2. The lowest BCUT2D eigenvalue weighted by molar-refractivity contribution is -0.120. The van der Waals surface area contributed by atoms with Gasteiger partial charge in [-0.15, -0.1) is 0 Å². The first-order valence-corrected chi connectivity index (χ1v) is 5.82. The predicted molar refractivity (Wildman–Crippen MR) is 66.0 cm³/mol. The Morgan fingerprint density at radius 3 is 2.76 bits per heavy atom. The summed E-state index contributed by atoms with van der Waals surface area (Å²) in [6.07, 6.45) is 0. The number of aryl methyl sites for hydroxylation is 1. The molecule has 2 N–H and O–H groups in total. The van der Waals surface area contributed by atoms with Crippen LogP contribution in [-0.4, -0.2) is 28.5 Å². The van der Waals surface area contributed by atoms with Gasteiger partial charge < -0.3 is 10.6 Å². The first-order chi connectivity index (χ1) is 7.88. The molecule has 0 bridgehead atoms. The molecule has 1 amide bonds. The molecule has 1 fully saturated rings. The SMILES string of the molecule is Cc1nc(Cl)cc(N[C@H]2C(=O)NCC2(C)C)n1. The number of halogens is 1. The van der Waals surface area contributed by atoms with E-state index in [9.17, 15) is 4.79 Å². The summed E-state index contributed by atoms with van der Waals surface area (Å²) in [5.41, 5.74) is -0.150. The number of hydrogen-bond donors (Lipinski definition) is 2. The van der Waals surface area contributed by atoms with Crippen LogP contribution < -0.4 is 10.6 Å². The molecule has 1 aromatic heterocycles. The number of hydrogen-bond acceptors (Lipinski definition) is 4. The maximum Gasteiger partial charge on any atom is 0.243 e. The van der Waals surface area contributed by atoms with Gasteiger partial charge in [0.05, 0.1) is 0 Å². The fraction of sp³-hybridized carbons (Fsp3) is 0.545. The molecule has 1 aliphatic heterocycles. The smallest absolute Gasteiger partial charge is 0.243 e. The molecule has 0 spiro atoms. The molecular weight excluding hydrogens is 240 g/mol. The van der Waals surface area contributed by atoms with Crippen molar-refractivity contribution in [2.45, 2.75) is 26.8 Å². The fourth-order valence-corrected chi connectivity index (χ4v) is 2.11. The van der Waals surface area contributed by atoms with Gasteiger partial charge in [-0.25, -0.2) is 9.97 Å². The summed E-state index contributed by atoms with van der Waals surface area (Å²) in [4.78, 5) is 19.9. The number of aromatic nitrogens is 2. The molecule has 5 nitrogen and oxygen atoms in total. The largest absolute Gasteiger partial charge is 0.358 e. The van der Waals surface area contributed by atoms with Crippen molar-refractivity contribution in [2.24, 2.45) is 5.41 Å². The molecule has 1 saturated heterocycles. The van der Waals surface area contributed by atoms with E-state index in [1.54, 1.807) is 13.0 Å². The maximum atomic E-state index is 11.7. The standard InChI is InChI=1S/C11H15ClN4O/c1-6-14-7(12)4-8(15-6)16-9-10(17)13-5-11(9,2)3/h4,9H,5H2,1-3H3,(H,13,17)(H,14,15,16)/t9-/m0/s1. The Labute approximate surface area is 105 Å². The molecule has 2 heterocycles. The van der Waals surface area contributed by atoms with E-state index in [4.69, 9.17) is 11.6 Å². The summed E-state index contributed by atoms with van der Waals surface area (Å²) >= 11 is 5.85. The Morgan fingerprint density at radius 2 is 2.24 bits per heavy atom. The topological polar surface area (TPSA) is 66.9 Å². The Morgan fingerprint density at radius 1 is 1.53 bits per heavy atom. The van der Waals surface area contributed by atoms with Gasteiger partial charge in [-0.05, 0) is 6.92 Å². The second kappa shape index (κ2) is 4.14. The van der Waals surface area contributed by atoms with E-state index in [0.717, 1.165) is 0 Å². The molecule has 1 aromatic rings. The highest BCUT2D eigenvalue weighted by atomic mass is 35.5. The quantitative estimate of drug-likeness (QED) is 0.783. The number of anilines is 1. The number of amides is 1. The lowest BCUT2D eigenvalue weighted by Gasteiger charge is -2.24. The van der Waals surface area contributed by atoms with Gasteiger partial charge in [-0.1, -0.05) is 25.4 Å². The third kappa shape index (κ3) is 2.49. The molecule has 2 rings (SSSR count). The molecule has 92 valence electrons. The minimum absolute atomic E-state index is 0.0117. The van der Waals surface area contributed by atoms with Crippen molar-refractivity contribution in [1.29, 1.82) is 0 Å². The lowest BCUT2D eigenvalue weighted by Crippen LogP contribution is -2.38. The average Bonchev–Trinajstić information content (AvgIpc) is 2.43. The number of nitrogens with zero attached hydrogens (tertiary/aromatic N) is 2. The second-order valence-corrected chi connectivity index (χ2v) is 5.29. The highest BCUT2D eigenvalue weighted by Gasteiger charge is 2.41. The van der Waals surface area contributed by atoms with Crippen molar-refractivity contribution >= 4 is 23.3 Å². The zero-order valence-electron chi connectivity index (χ0n) is 10.0. The second-order valence-electron chi connectivity index (χ2n) is 4.91. The first kappa shape index (κ1) is 12.1. The summed E-state index contributed by atoms with van der Waals surface area (Å²) in [7, 11) is 0. The monoisotopic (exact) mass is 254 g/mol. The number of carbonyl (C=O) groups excluding carboxylic acids is 1. The van der Waals surface area contributed by atoms with Crippen LogP contribution in [0, 0.1) is 12.3 Å². The van der Waals surface area contributed by atoms with Crippen LogP contribution in [0.5, 0.6) is 0 Å². The summed E-state index contributed by atoms with van der Waals surface area (Å²) in [6.45, 7) is 6.47. The zero-order valence-corrected chi connectivity index (χ0v) is 10.8. The van der Waals surface area contributed by atoms with Gasteiger partial charge in [0.25, 0.3) is 0 Å². The molecule has 6 heteroatoms. The van der Waals surface area contributed by atoms with Crippen LogP contribution in [0.25, 0.3) is 0 Å². The Bertz CT molecular complexity index is 441. The van der Waals surface area contributed by atoms with Crippen LogP contribution in [0.2, 0.25) is 5.15 Å². The van der Waals surface area contributed by atoms with Gasteiger partial charge in [0, 0.05) is 18.0 Å². The minimum Gasteiger partial charge on any atom is -0.358 e. The predicted octanol–water partition coefficient (Wildman–Crippen LogP) is 1.37. The molecule has 0 aromatic carbocycles. The number of rotatable bonds is 2. The molecule has 1 atom stereocenters. The highest BCUT2D eigenvalue weighted by Crippen LogP contribution is 2.27. The Hall–Kier alpha value is -1.36. The van der Waals surface area contributed by atoms with Crippen molar-refractivity contribution in [3.8, 4) is 0 Å². The minimum atomic E-state index is -0.298. The van der Waals surface area contributed by atoms with Crippen LogP contribution in [0.4, 0.5) is 5.82 Å². The molecule has 0 radical (unpaired) electrons. The van der Waals surface area contributed by atoms with Crippen LogP contribution in [0.1, 0.15) is 19.7 Å². The van der Waals surface area contributed by atoms with Gasteiger partial charge in [0.2, 0.25) is 5.91 Å². The van der Waals surface area contributed by atoms with Gasteiger partial charge >= 0.3 is 0 Å². The molecule has 0 aliphatic carbocycles. The van der Waals surface area contributed by atoms with Crippen molar-refractivity contribution in [1.82, 2.24) is 15.3 Å². The summed E-state index contributed by atoms with van der Waals surface area (Å²) in [5, 5.41) is 6.32. The van der Waals surface area contributed by atoms with E-state index in [-0.39, 0.29) is 17.4 Å². The van der Waals surface area contributed by atoms with E-state index in [1.807, 2.05) is 13.8 Å². The molecule has 17 heavy (non-hydrogen) atoms. The molecular formula is C11H15ClN4O. The summed E-state index contributed by atoms with van der Waals surface area (Å²) in [5.74, 6) is 1.15. The summed E-state index contributed by atoms with van der Waals surface area (Å²) in [6, 6.07) is 1.32. The van der Waals surface area contributed by atoms with Crippen molar-refractivity contribution in [3.63, 3.8) is 0 Å². The van der Waals surface area contributed by atoms with Crippen molar-refractivity contribution in [3.05, 3.63) is 17.0 Å². The number of carbonyl (C=O) groups is 1. The maximum absolute atomic E-state index is 11.7. The van der Waals surface area contributed by atoms with Gasteiger partial charge in [-0.2, -0.15) is 0 Å². The molecule has 0 unspecified atom stereocenters. The van der Waals surface area contributed by atoms with Crippen molar-refractivity contribution in [2.75, 3.05) is 11.9 Å². The van der Waals surface area contributed by atoms with E-state index in [1.165, 1.54) is 0 Å². The normalized spacial score (nSPS) is 22.4. The van der Waals surface area contributed by atoms with Gasteiger partial charge in [-0.3, -0.25) is 4.79 Å². The Balaban J connectivity index is 2.23. The van der Waals surface area contributed by atoms with Gasteiger partial charge in [0.1, 0.15) is 22.8 Å². The van der Waals surface area contributed by atoms with Crippen LogP contribution >= 0.6 is 11.6 Å². The lowest BCUT2D eigenvalue weighted by atomic mass is 9.87.